The molecule has 0 unspecified atom stereocenters. The molecule has 1 aliphatic rings. The minimum Gasteiger partial charge on any atom is -0.324 e. The summed E-state index contributed by atoms with van der Waals surface area (Å²) in [5, 5.41) is 5.77. The number of halogens is 1. The van der Waals surface area contributed by atoms with Crippen molar-refractivity contribution in [3.05, 3.63) is 59.1 Å². The predicted molar refractivity (Wildman–Crippen MR) is 106 cm³/mol. The van der Waals surface area contributed by atoms with E-state index in [2.05, 4.69) is 10.6 Å². The van der Waals surface area contributed by atoms with Gasteiger partial charge < -0.3 is 10.6 Å². The van der Waals surface area contributed by atoms with E-state index < -0.39 is 23.4 Å². The zero-order chi connectivity index (χ0) is 19.6. The summed E-state index contributed by atoms with van der Waals surface area (Å²) in [6.45, 7) is 1.20. The van der Waals surface area contributed by atoms with Crippen molar-refractivity contribution >= 4 is 46.9 Å². The monoisotopic (exact) mass is 403 g/mol. The van der Waals surface area contributed by atoms with Crippen LogP contribution in [0.2, 0.25) is 5.02 Å². The van der Waals surface area contributed by atoms with Gasteiger partial charge in [0.15, 0.2) is 0 Å². The van der Waals surface area contributed by atoms with Crippen LogP contribution in [-0.4, -0.2) is 35.5 Å². The fraction of sp³-hybridized carbons (Fsp3) is 0.211. The molecule has 0 saturated carbocycles. The third-order valence-corrected chi connectivity index (χ3v) is 5.50. The minimum absolute atomic E-state index is 0.369. The summed E-state index contributed by atoms with van der Waals surface area (Å²) in [5.41, 5.74) is -0.191. The number of imide groups is 1. The first-order valence-corrected chi connectivity index (χ1v) is 9.79. The highest BCUT2D eigenvalue weighted by Gasteiger charge is 2.50. The van der Waals surface area contributed by atoms with E-state index in [1.165, 1.54) is 11.8 Å². The fourth-order valence-electron chi connectivity index (χ4n) is 2.97. The third kappa shape index (κ3) is 3.65. The van der Waals surface area contributed by atoms with Crippen molar-refractivity contribution in [1.29, 1.82) is 0 Å². The van der Waals surface area contributed by atoms with Crippen LogP contribution < -0.4 is 10.6 Å². The van der Waals surface area contributed by atoms with Gasteiger partial charge in [-0.25, -0.2) is 4.79 Å². The molecular weight excluding hydrogens is 386 g/mol. The van der Waals surface area contributed by atoms with Gasteiger partial charge in [0.05, 0.1) is 5.69 Å². The van der Waals surface area contributed by atoms with Gasteiger partial charge in [0.1, 0.15) is 12.1 Å². The summed E-state index contributed by atoms with van der Waals surface area (Å²) < 4.78 is 0. The van der Waals surface area contributed by atoms with Crippen LogP contribution in [0.4, 0.5) is 10.5 Å². The van der Waals surface area contributed by atoms with Crippen LogP contribution >= 0.6 is 23.4 Å². The molecule has 4 amide bonds. The van der Waals surface area contributed by atoms with Gasteiger partial charge >= 0.3 is 6.03 Å². The maximum Gasteiger partial charge on any atom is 0.325 e. The van der Waals surface area contributed by atoms with Crippen LogP contribution in [0.1, 0.15) is 12.5 Å². The molecule has 3 rings (SSSR count). The number of hydrogen-bond donors (Lipinski definition) is 2. The second-order valence-electron chi connectivity index (χ2n) is 6.17. The highest BCUT2D eigenvalue weighted by molar-refractivity contribution is 7.98. The first kappa shape index (κ1) is 19.3. The van der Waals surface area contributed by atoms with Gasteiger partial charge in [-0.15, -0.1) is 11.8 Å². The molecule has 1 heterocycles. The number of nitrogens with one attached hydrogen (secondary N) is 2. The lowest BCUT2D eigenvalue weighted by Gasteiger charge is -2.23. The molecule has 0 radical (unpaired) electrons. The number of para-hydroxylation sites is 1. The molecule has 1 atom stereocenters. The Hall–Kier alpha value is -2.51. The lowest BCUT2D eigenvalue weighted by atomic mass is 9.92. The number of rotatable bonds is 5. The number of urea groups is 1. The topological polar surface area (TPSA) is 78.5 Å². The van der Waals surface area contributed by atoms with E-state index in [0.29, 0.717) is 16.3 Å². The molecule has 0 spiro atoms. The highest BCUT2D eigenvalue weighted by Crippen LogP contribution is 2.33. The minimum atomic E-state index is -1.31. The van der Waals surface area contributed by atoms with Crippen LogP contribution in [0, 0.1) is 0 Å². The van der Waals surface area contributed by atoms with Crippen molar-refractivity contribution in [2.45, 2.75) is 17.4 Å². The van der Waals surface area contributed by atoms with Gasteiger partial charge in [-0.2, -0.15) is 0 Å². The van der Waals surface area contributed by atoms with E-state index in [9.17, 15) is 14.4 Å². The van der Waals surface area contributed by atoms with Gasteiger partial charge in [-0.05, 0) is 31.4 Å². The number of thioether (sulfide) groups is 1. The van der Waals surface area contributed by atoms with Gasteiger partial charge in [-0.1, -0.05) is 41.9 Å². The van der Waals surface area contributed by atoms with Gasteiger partial charge in [0.25, 0.3) is 5.91 Å². The van der Waals surface area contributed by atoms with E-state index in [1.807, 2.05) is 18.4 Å². The quantitative estimate of drug-likeness (QED) is 0.592. The molecule has 140 valence electrons. The number of hydrogen-bond acceptors (Lipinski definition) is 4. The maximum absolute atomic E-state index is 12.9. The fourth-order valence-corrected chi connectivity index (χ4v) is 3.85. The largest absolute Gasteiger partial charge is 0.325 e. The van der Waals surface area contributed by atoms with E-state index in [4.69, 9.17) is 11.6 Å². The maximum atomic E-state index is 12.9. The molecule has 0 aromatic heterocycles. The molecule has 1 fully saturated rings. The Morgan fingerprint density at radius 2 is 1.85 bits per heavy atom. The Labute approximate surface area is 166 Å². The predicted octanol–water partition coefficient (Wildman–Crippen LogP) is 3.47. The second-order valence-corrected chi connectivity index (χ2v) is 7.43. The molecule has 1 aliphatic heterocycles. The van der Waals surface area contributed by atoms with Crippen LogP contribution in [0.5, 0.6) is 0 Å². The Kier molecular flexibility index (Phi) is 5.43. The van der Waals surface area contributed by atoms with E-state index in [1.54, 1.807) is 43.3 Å². The Bertz CT molecular complexity index is 921. The Balaban J connectivity index is 1.78. The van der Waals surface area contributed by atoms with Crippen molar-refractivity contribution in [3.63, 3.8) is 0 Å². The molecule has 2 N–H and O–H groups in total. The summed E-state index contributed by atoms with van der Waals surface area (Å²) >= 11 is 7.69. The summed E-state index contributed by atoms with van der Waals surface area (Å²) in [6, 6.07) is 13.5. The molecule has 0 bridgehead atoms. The van der Waals surface area contributed by atoms with E-state index >= 15 is 0 Å². The van der Waals surface area contributed by atoms with Crippen LogP contribution in [-0.2, 0) is 15.1 Å². The first-order chi connectivity index (χ1) is 12.9. The molecule has 6 nitrogen and oxygen atoms in total. The lowest BCUT2D eigenvalue weighted by Crippen LogP contribution is -2.42. The normalized spacial score (nSPS) is 19.1. The van der Waals surface area contributed by atoms with Gasteiger partial charge in [0.2, 0.25) is 5.91 Å². The number of nitrogens with zero attached hydrogens (tertiary/aromatic N) is 1. The lowest BCUT2D eigenvalue weighted by molar-refractivity contribution is -0.133. The van der Waals surface area contributed by atoms with Crippen molar-refractivity contribution in [2.75, 3.05) is 18.1 Å². The van der Waals surface area contributed by atoms with Gasteiger partial charge in [0, 0.05) is 15.5 Å². The average molecular weight is 404 g/mol. The summed E-state index contributed by atoms with van der Waals surface area (Å²) in [6.07, 6.45) is 1.90. The van der Waals surface area contributed by atoms with Crippen molar-refractivity contribution < 1.29 is 14.4 Å². The zero-order valence-electron chi connectivity index (χ0n) is 14.8. The molecular formula is C19H18ClN3O3S. The smallest absolute Gasteiger partial charge is 0.324 e. The number of carbonyl (C=O) groups excluding carboxylic acids is 3. The summed E-state index contributed by atoms with van der Waals surface area (Å²) in [7, 11) is 0. The molecule has 2 aromatic carbocycles. The van der Waals surface area contributed by atoms with Gasteiger partial charge in [-0.3, -0.25) is 14.5 Å². The van der Waals surface area contributed by atoms with Crippen LogP contribution in [0.3, 0.4) is 0 Å². The second kappa shape index (κ2) is 7.62. The van der Waals surface area contributed by atoms with Crippen molar-refractivity contribution in [3.8, 4) is 0 Å². The SMILES string of the molecule is CSc1ccccc1NC(=O)CN1C(=O)N[C@](C)(c2ccccc2Cl)C1=O. The van der Waals surface area contributed by atoms with E-state index in [-0.39, 0.29) is 6.54 Å². The van der Waals surface area contributed by atoms with Crippen molar-refractivity contribution in [1.82, 2.24) is 10.2 Å². The standard InChI is InChI=1S/C19H18ClN3O3S/c1-19(12-7-3-4-8-13(12)20)17(25)23(18(26)22-19)11-16(24)21-14-9-5-6-10-15(14)27-2/h3-10H,11H2,1-2H3,(H,21,24)(H,22,26)/t19-/m1/s1. The average Bonchev–Trinajstić information content (AvgIpc) is 2.86. The number of benzene rings is 2. The van der Waals surface area contributed by atoms with E-state index in [0.717, 1.165) is 9.80 Å². The van der Waals surface area contributed by atoms with Crippen LogP contribution in [0.25, 0.3) is 0 Å². The highest BCUT2D eigenvalue weighted by atomic mass is 35.5. The Morgan fingerprint density at radius 3 is 2.56 bits per heavy atom. The summed E-state index contributed by atoms with van der Waals surface area (Å²) in [5.74, 6) is -0.975. The van der Waals surface area contributed by atoms with Crippen LogP contribution in [0.15, 0.2) is 53.4 Å². The van der Waals surface area contributed by atoms with Crippen molar-refractivity contribution in [2.24, 2.45) is 0 Å². The number of anilines is 1. The first-order valence-electron chi connectivity index (χ1n) is 8.19. The third-order valence-electron chi connectivity index (χ3n) is 4.37. The molecule has 8 heteroatoms. The molecule has 1 saturated heterocycles. The molecule has 2 aromatic rings. The Morgan fingerprint density at radius 1 is 1.19 bits per heavy atom. The number of amides is 4. The number of carbonyl (C=O) groups is 3. The summed E-state index contributed by atoms with van der Waals surface area (Å²) in [4.78, 5) is 39.5. The zero-order valence-corrected chi connectivity index (χ0v) is 16.4. The molecule has 0 aliphatic carbocycles. The molecule has 27 heavy (non-hydrogen) atoms.